The van der Waals surface area contributed by atoms with E-state index in [4.69, 9.17) is 14.2 Å². The van der Waals surface area contributed by atoms with Gasteiger partial charge in [-0.3, -0.25) is 4.79 Å². The molecule has 2 aromatic heterocycles. The number of nitrogens with one attached hydrogen (secondary N) is 1. The van der Waals surface area contributed by atoms with Crippen LogP contribution in [0.25, 0.3) is 0 Å². The first-order valence-electron chi connectivity index (χ1n) is 12.3. The molecular formula is C29H26N4O5. The first-order chi connectivity index (χ1) is 18.6. The maximum Gasteiger partial charge on any atom is 0.416 e. The summed E-state index contributed by atoms with van der Waals surface area (Å²) < 4.78 is 17.2. The summed E-state index contributed by atoms with van der Waals surface area (Å²) in [4.78, 5) is 34.8. The van der Waals surface area contributed by atoms with Crippen molar-refractivity contribution in [2.75, 3.05) is 18.4 Å². The fourth-order valence-corrected chi connectivity index (χ4v) is 3.92. The predicted octanol–water partition coefficient (Wildman–Crippen LogP) is 5.56. The van der Waals surface area contributed by atoms with Crippen LogP contribution < -0.4 is 19.5 Å². The van der Waals surface area contributed by atoms with Crippen molar-refractivity contribution in [3.63, 3.8) is 0 Å². The summed E-state index contributed by atoms with van der Waals surface area (Å²) in [5.41, 5.74) is 1.05. The minimum atomic E-state index is -0.465. The van der Waals surface area contributed by atoms with Gasteiger partial charge < -0.3 is 24.4 Å². The zero-order valence-electron chi connectivity index (χ0n) is 20.5. The van der Waals surface area contributed by atoms with Crippen LogP contribution in [0.3, 0.4) is 0 Å². The van der Waals surface area contributed by atoms with Gasteiger partial charge in [-0.1, -0.05) is 24.3 Å². The number of hydrogen-bond acceptors (Lipinski definition) is 7. The highest BCUT2D eigenvalue weighted by atomic mass is 16.6. The van der Waals surface area contributed by atoms with Crippen molar-refractivity contribution >= 4 is 17.7 Å². The zero-order valence-corrected chi connectivity index (χ0v) is 20.5. The lowest BCUT2D eigenvalue weighted by Gasteiger charge is -2.31. The molecule has 0 radical (unpaired) electrons. The van der Waals surface area contributed by atoms with E-state index in [0.29, 0.717) is 48.8 Å². The number of pyridine rings is 2. The summed E-state index contributed by atoms with van der Waals surface area (Å²) in [6, 6.07) is 25.0. The molecule has 1 saturated heterocycles. The summed E-state index contributed by atoms with van der Waals surface area (Å²) in [7, 11) is 0. The smallest absolute Gasteiger partial charge is 0.416 e. The van der Waals surface area contributed by atoms with Gasteiger partial charge in [0.2, 0.25) is 11.8 Å². The molecule has 5 rings (SSSR count). The molecule has 9 heteroatoms. The monoisotopic (exact) mass is 510 g/mol. The van der Waals surface area contributed by atoms with E-state index in [2.05, 4.69) is 15.3 Å². The molecule has 0 bridgehead atoms. The van der Waals surface area contributed by atoms with Gasteiger partial charge in [0.15, 0.2) is 0 Å². The highest BCUT2D eigenvalue weighted by Crippen LogP contribution is 2.25. The van der Waals surface area contributed by atoms with Gasteiger partial charge in [-0.15, -0.1) is 0 Å². The van der Waals surface area contributed by atoms with Crippen LogP contribution in [0.4, 0.5) is 10.5 Å². The lowest BCUT2D eigenvalue weighted by Crippen LogP contribution is -2.43. The number of anilines is 1. The van der Waals surface area contributed by atoms with Gasteiger partial charge in [0.25, 0.3) is 5.91 Å². The van der Waals surface area contributed by atoms with Gasteiger partial charge in [0, 0.05) is 49.8 Å². The lowest BCUT2D eigenvalue weighted by atomic mass is 10.1. The largest absolute Gasteiger partial charge is 0.490 e. The molecule has 0 spiro atoms. The Morgan fingerprint density at radius 1 is 0.789 bits per heavy atom. The summed E-state index contributed by atoms with van der Waals surface area (Å²) in [6.45, 7) is 1.02. The molecule has 1 aliphatic heterocycles. The maximum atomic E-state index is 12.6. The van der Waals surface area contributed by atoms with E-state index < -0.39 is 6.09 Å². The fourth-order valence-electron chi connectivity index (χ4n) is 3.92. The summed E-state index contributed by atoms with van der Waals surface area (Å²) in [6.07, 6.45) is 4.02. The van der Waals surface area contributed by atoms with Gasteiger partial charge >= 0.3 is 6.09 Å². The third-order valence-corrected chi connectivity index (χ3v) is 5.91. The van der Waals surface area contributed by atoms with Gasteiger partial charge in [-0.05, 0) is 48.5 Å². The van der Waals surface area contributed by atoms with E-state index in [1.807, 2.05) is 42.5 Å². The summed E-state index contributed by atoms with van der Waals surface area (Å²) in [5.74, 6) is 1.87. The van der Waals surface area contributed by atoms with E-state index in [0.717, 1.165) is 5.75 Å². The molecule has 4 aromatic rings. The number of carbonyl (C=O) groups excluding carboxylic acids is 2. The highest BCUT2D eigenvalue weighted by molar-refractivity contribution is 6.04. The van der Waals surface area contributed by atoms with Crippen LogP contribution in [0.2, 0.25) is 0 Å². The Balaban J connectivity index is 1.06. The molecule has 38 heavy (non-hydrogen) atoms. The second-order valence-corrected chi connectivity index (χ2v) is 8.62. The minimum absolute atomic E-state index is 0.00718. The Morgan fingerprint density at radius 3 is 2.21 bits per heavy atom. The quantitative estimate of drug-likeness (QED) is 0.347. The molecule has 0 aliphatic carbocycles. The molecule has 0 saturated carbocycles. The third kappa shape index (κ3) is 6.64. The van der Waals surface area contributed by atoms with Crippen LogP contribution in [0.1, 0.15) is 23.2 Å². The molecule has 3 heterocycles. The average Bonchev–Trinajstić information content (AvgIpc) is 2.96. The number of nitrogens with zero attached hydrogens (tertiary/aromatic N) is 3. The molecule has 1 fully saturated rings. The lowest BCUT2D eigenvalue weighted by molar-refractivity contribution is 0.0922. The van der Waals surface area contributed by atoms with E-state index >= 15 is 0 Å². The molecule has 9 nitrogen and oxygen atoms in total. The van der Waals surface area contributed by atoms with Crippen LogP contribution in [0.15, 0.2) is 97.3 Å². The van der Waals surface area contributed by atoms with E-state index in [1.54, 1.807) is 53.6 Å². The maximum absolute atomic E-state index is 12.6. The van der Waals surface area contributed by atoms with E-state index in [1.165, 1.54) is 6.20 Å². The van der Waals surface area contributed by atoms with Gasteiger partial charge in [0.1, 0.15) is 17.6 Å². The molecule has 2 amide bonds. The number of carbonyl (C=O) groups is 2. The normalized spacial score (nSPS) is 13.4. The number of amides is 2. The van der Waals surface area contributed by atoms with Crippen molar-refractivity contribution in [3.05, 3.63) is 103 Å². The Bertz CT molecular complexity index is 1340. The first-order valence-corrected chi connectivity index (χ1v) is 12.3. The average molecular weight is 511 g/mol. The first kappa shape index (κ1) is 24.8. The molecule has 2 aromatic carbocycles. The topological polar surface area (TPSA) is 103 Å². The third-order valence-electron chi connectivity index (χ3n) is 5.91. The van der Waals surface area contributed by atoms with E-state index in [-0.39, 0.29) is 17.9 Å². The summed E-state index contributed by atoms with van der Waals surface area (Å²) >= 11 is 0. The molecule has 1 N–H and O–H groups in total. The van der Waals surface area contributed by atoms with Crippen molar-refractivity contribution < 1.29 is 23.8 Å². The van der Waals surface area contributed by atoms with Crippen molar-refractivity contribution in [2.45, 2.75) is 18.9 Å². The van der Waals surface area contributed by atoms with Crippen LogP contribution in [0.5, 0.6) is 23.3 Å². The molecule has 0 atom stereocenters. The Kier molecular flexibility index (Phi) is 7.74. The number of likely N-dealkylation sites (tertiary alicyclic amines) is 1. The molecule has 0 unspecified atom stereocenters. The Labute approximate surface area is 220 Å². The number of ether oxygens (including phenoxy) is 3. The molecule has 192 valence electrons. The fraction of sp³-hybridized carbons (Fsp3) is 0.172. The van der Waals surface area contributed by atoms with Crippen LogP contribution >= 0.6 is 0 Å². The van der Waals surface area contributed by atoms with Gasteiger partial charge in [0.05, 0.1) is 11.9 Å². The Hall–Kier alpha value is -4.92. The number of benzene rings is 2. The van der Waals surface area contributed by atoms with Crippen LogP contribution in [0, 0.1) is 0 Å². The number of rotatable bonds is 7. The SMILES string of the molecule is O=C(Nc1ccc(OC(=O)N2CCC(Oc3ccc(Oc4ccccn4)cc3)CC2)nc1)c1ccccc1. The number of hydrogen-bond donors (Lipinski definition) is 1. The van der Waals surface area contributed by atoms with Crippen molar-refractivity contribution in [3.8, 4) is 23.3 Å². The standard InChI is InChI=1S/C29H26N4O5/c34-28(21-6-2-1-3-7-21)32-22-9-14-27(31-20-22)38-29(35)33-18-15-25(16-19-33)36-23-10-12-24(13-11-23)37-26-8-4-5-17-30-26/h1-14,17,20,25H,15-16,18-19H2,(H,32,34). The Morgan fingerprint density at radius 2 is 1.53 bits per heavy atom. The second kappa shape index (κ2) is 11.9. The van der Waals surface area contributed by atoms with Gasteiger partial charge in [-0.2, -0.15) is 0 Å². The second-order valence-electron chi connectivity index (χ2n) is 8.62. The number of aromatic nitrogens is 2. The van der Waals surface area contributed by atoms with Crippen molar-refractivity contribution in [1.29, 1.82) is 0 Å². The zero-order chi connectivity index (χ0) is 26.2. The van der Waals surface area contributed by atoms with Crippen molar-refractivity contribution in [1.82, 2.24) is 14.9 Å². The highest BCUT2D eigenvalue weighted by Gasteiger charge is 2.25. The van der Waals surface area contributed by atoms with E-state index in [9.17, 15) is 9.59 Å². The predicted molar refractivity (Wildman–Crippen MR) is 141 cm³/mol. The number of piperidine rings is 1. The van der Waals surface area contributed by atoms with Crippen LogP contribution in [-0.4, -0.2) is 46.1 Å². The van der Waals surface area contributed by atoms with Crippen molar-refractivity contribution in [2.24, 2.45) is 0 Å². The van der Waals surface area contributed by atoms with Gasteiger partial charge in [-0.25, -0.2) is 14.8 Å². The summed E-state index contributed by atoms with van der Waals surface area (Å²) in [5, 5.41) is 2.76. The molecular weight excluding hydrogens is 484 g/mol. The molecule has 1 aliphatic rings. The van der Waals surface area contributed by atoms with Crippen LogP contribution in [-0.2, 0) is 0 Å². The minimum Gasteiger partial charge on any atom is -0.490 e.